The van der Waals surface area contributed by atoms with Gasteiger partial charge in [0, 0.05) is 12.0 Å². The number of nitrogens with zero attached hydrogens (tertiary/aromatic N) is 2. The number of rotatable bonds is 2. The van der Waals surface area contributed by atoms with Gasteiger partial charge in [0.25, 0.3) is 5.56 Å². The van der Waals surface area contributed by atoms with Gasteiger partial charge in [-0.15, -0.1) is 0 Å². The Bertz CT molecular complexity index is 1210. The van der Waals surface area contributed by atoms with E-state index in [4.69, 9.17) is 14.5 Å². The summed E-state index contributed by atoms with van der Waals surface area (Å²) in [5.41, 5.74) is 1.37. The SMILES string of the molecule is COc1ccc(/C=c2\sc3n(c2=O)[C@H]2C[C@@](C)(N=3)Oc3ccccc32)cc1. The van der Waals surface area contributed by atoms with Crippen molar-refractivity contribution in [2.75, 3.05) is 7.11 Å². The van der Waals surface area contributed by atoms with Crippen LogP contribution in [0, 0.1) is 0 Å². The Kier molecular flexibility index (Phi) is 3.52. The summed E-state index contributed by atoms with van der Waals surface area (Å²) in [6.45, 7) is 1.98. The van der Waals surface area contributed by atoms with Crippen LogP contribution in [0.15, 0.2) is 58.3 Å². The Hall–Kier alpha value is -2.86. The first-order valence-electron chi connectivity index (χ1n) is 8.81. The summed E-state index contributed by atoms with van der Waals surface area (Å²) in [7, 11) is 1.64. The molecule has 1 aromatic heterocycles. The maximum Gasteiger partial charge on any atom is 0.270 e. The lowest BCUT2D eigenvalue weighted by Gasteiger charge is -2.39. The lowest BCUT2D eigenvalue weighted by atomic mass is 9.93. The van der Waals surface area contributed by atoms with E-state index >= 15 is 0 Å². The van der Waals surface area contributed by atoms with Crippen molar-refractivity contribution in [1.82, 2.24) is 4.57 Å². The normalized spacial score (nSPS) is 23.0. The highest BCUT2D eigenvalue weighted by Crippen LogP contribution is 2.42. The number of methoxy groups -OCH3 is 1. The van der Waals surface area contributed by atoms with Crippen molar-refractivity contribution in [3.05, 3.63) is 79.3 Å². The number of fused-ring (bicyclic) bond motifs is 6. The van der Waals surface area contributed by atoms with Gasteiger partial charge in [-0.2, -0.15) is 0 Å². The predicted molar refractivity (Wildman–Crippen MR) is 104 cm³/mol. The zero-order valence-electron chi connectivity index (χ0n) is 15.0. The van der Waals surface area contributed by atoms with Crippen LogP contribution >= 0.6 is 11.3 Å². The van der Waals surface area contributed by atoms with Crippen molar-refractivity contribution in [2.24, 2.45) is 4.99 Å². The Morgan fingerprint density at radius 1 is 1.26 bits per heavy atom. The van der Waals surface area contributed by atoms with E-state index in [0.29, 0.717) is 15.8 Å². The minimum absolute atomic E-state index is 0.00155. The average molecular weight is 378 g/mol. The fraction of sp³-hybridized carbons (Fsp3) is 0.238. The first-order chi connectivity index (χ1) is 13.1. The summed E-state index contributed by atoms with van der Waals surface area (Å²) in [5, 5.41) is 0. The van der Waals surface area contributed by atoms with Crippen LogP contribution < -0.4 is 24.4 Å². The molecule has 2 atom stereocenters. The van der Waals surface area contributed by atoms with Gasteiger partial charge in [-0.25, -0.2) is 4.99 Å². The molecule has 5 rings (SSSR count). The van der Waals surface area contributed by atoms with Crippen LogP contribution in [0.3, 0.4) is 0 Å². The summed E-state index contributed by atoms with van der Waals surface area (Å²) in [5.74, 6) is 1.60. The number of hydrogen-bond acceptors (Lipinski definition) is 5. The fourth-order valence-electron chi connectivity index (χ4n) is 3.79. The van der Waals surface area contributed by atoms with E-state index in [1.165, 1.54) is 11.3 Å². The van der Waals surface area contributed by atoms with Crippen LogP contribution in [-0.4, -0.2) is 17.4 Å². The van der Waals surface area contributed by atoms with Gasteiger partial charge in [0.15, 0.2) is 4.80 Å². The van der Waals surface area contributed by atoms with Crippen LogP contribution in [0.2, 0.25) is 0 Å². The van der Waals surface area contributed by atoms with Gasteiger partial charge < -0.3 is 9.47 Å². The molecular weight excluding hydrogens is 360 g/mol. The standard InChI is InChI=1S/C21H18N2O3S/c1-21-12-16(15-5-3-4-6-17(15)26-21)23-19(24)18(27-20(23)22-21)11-13-7-9-14(25-2)10-8-13/h3-11,16H,12H2,1-2H3/b18-11-/t16-,21-/m0/s1. The molecule has 2 aliphatic heterocycles. The van der Waals surface area contributed by atoms with Gasteiger partial charge in [-0.1, -0.05) is 41.7 Å². The quantitative estimate of drug-likeness (QED) is 0.688. The van der Waals surface area contributed by atoms with Crippen LogP contribution in [0.25, 0.3) is 6.08 Å². The van der Waals surface area contributed by atoms with Crippen LogP contribution in [-0.2, 0) is 0 Å². The second-order valence-corrected chi connectivity index (χ2v) is 8.00. The molecule has 136 valence electrons. The van der Waals surface area contributed by atoms with Gasteiger partial charge >= 0.3 is 0 Å². The van der Waals surface area contributed by atoms with Crippen molar-refractivity contribution in [2.45, 2.75) is 25.1 Å². The summed E-state index contributed by atoms with van der Waals surface area (Å²) < 4.78 is 13.8. The molecule has 0 saturated carbocycles. The van der Waals surface area contributed by atoms with Gasteiger partial charge in [0.05, 0.1) is 17.7 Å². The lowest BCUT2D eigenvalue weighted by Crippen LogP contribution is -2.49. The molecule has 0 amide bonds. The van der Waals surface area contributed by atoms with Crippen molar-refractivity contribution in [1.29, 1.82) is 0 Å². The molecular formula is C21H18N2O3S. The second-order valence-electron chi connectivity index (χ2n) is 6.99. The third-order valence-corrected chi connectivity index (χ3v) is 6.06. The highest BCUT2D eigenvalue weighted by atomic mass is 32.1. The molecule has 0 unspecified atom stereocenters. The van der Waals surface area contributed by atoms with E-state index < -0.39 is 5.72 Å². The molecule has 0 radical (unpaired) electrons. The van der Waals surface area contributed by atoms with Crippen LogP contribution in [0.5, 0.6) is 11.5 Å². The van der Waals surface area contributed by atoms with Crippen molar-refractivity contribution < 1.29 is 9.47 Å². The summed E-state index contributed by atoms with van der Waals surface area (Å²) in [6, 6.07) is 15.5. The molecule has 0 fully saturated rings. The second kappa shape index (κ2) is 5.82. The van der Waals surface area contributed by atoms with E-state index in [9.17, 15) is 4.79 Å². The Morgan fingerprint density at radius 2 is 2.04 bits per heavy atom. The highest BCUT2D eigenvalue weighted by molar-refractivity contribution is 7.07. The lowest BCUT2D eigenvalue weighted by molar-refractivity contribution is 0.0410. The molecule has 3 aromatic rings. The topological polar surface area (TPSA) is 52.8 Å². The minimum atomic E-state index is -0.631. The van der Waals surface area contributed by atoms with Crippen molar-refractivity contribution >= 4 is 17.4 Å². The number of hydrogen-bond donors (Lipinski definition) is 0. The summed E-state index contributed by atoms with van der Waals surface area (Å²) >= 11 is 1.41. The van der Waals surface area contributed by atoms with Gasteiger partial charge in [0.2, 0.25) is 5.72 Å². The molecule has 5 nitrogen and oxygen atoms in total. The summed E-state index contributed by atoms with van der Waals surface area (Å²) in [4.78, 5) is 18.7. The molecule has 0 aliphatic carbocycles. The van der Waals surface area contributed by atoms with Crippen molar-refractivity contribution in [3.8, 4) is 11.5 Å². The van der Waals surface area contributed by atoms with Gasteiger partial charge in [-0.05, 0) is 36.8 Å². The number of thiazole rings is 1. The van der Waals surface area contributed by atoms with Gasteiger partial charge in [-0.3, -0.25) is 9.36 Å². The Balaban J connectivity index is 1.70. The monoisotopic (exact) mass is 378 g/mol. The van der Waals surface area contributed by atoms with Crippen LogP contribution in [0.4, 0.5) is 0 Å². The molecule has 0 saturated heterocycles. The number of aromatic nitrogens is 1. The summed E-state index contributed by atoms with van der Waals surface area (Å²) in [6.07, 6.45) is 2.57. The maximum absolute atomic E-state index is 13.2. The molecule has 0 N–H and O–H groups in total. The third-order valence-electron chi connectivity index (χ3n) is 5.07. The predicted octanol–water partition coefficient (Wildman–Crippen LogP) is 2.47. The van der Waals surface area contributed by atoms with E-state index in [-0.39, 0.29) is 11.6 Å². The average Bonchev–Trinajstić information content (AvgIpc) is 2.96. The zero-order valence-corrected chi connectivity index (χ0v) is 15.8. The fourth-order valence-corrected chi connectivity index (χ4v) is 4.91. The van der Waals surface area contributed by atoms with Crippen molar-refractivity contribution in [3.63, 3.8) is 0 Å². The number of benzene rings is 2. The molecule has 27 heavy (non-hydrogen) atoms. The Labute approximate surface area is 159 Å². The molecule has 0 spiro atoms. The minimum Gasteiger partial charge on any atom is -0.497 e. The molecule has 2 bridgehead atoms. The first kappa shape index (κ1) is 16.3. The zero-order chi connectivity index (χ0) is 18.6. The van der Waals surface area contributed by atoms with Gasteiger partial charge in [0.1, 0.15) is 11.5 Å². The van der Waals surface area contributed by atoms with Crippen LogP contribution in [0.1, 0.15) is 30.5 Å². The van der Waals surface area contributed by atoms with E-state index in [1.54, 1.807) is 7.11 Å². The maximum atomic E-state index is 13.2. The van der Waals surface area contributed by atoms with E-state index in [1.807, 2.05) is 66.1 Å². The third kappa shape index (κ3) is 2.59. The molecule has 2 aromatic carbocycles. The number of ether oxygens (including phenoxy) is 2. The van der Waals surface area contributed by atoms with E-state index in [2.05, 4.69) is 0 Å². The smallest absolute Gasteiger partial charge is 0.270 e. The molecule has 6 heteroatoms. The first-order valence-corrected chi connectivity index (χ1v) is 9.63. The largest absolute Gasteiger partial charge is 0.497 e. The Morgan fingerprint density at radius 3 is 2.81 bits per heavy atom. The van der Waals surface area contributed by atoms with E-state index in [0.717, 1.165) is 22.6 Å². The number of para-hydroxylation sites is 1. The highest BCUT2D eigenvalue weighted by Gasteiger charge is 2.42. The molecule has 3 heterocycles. The molecule has 2 aliphatic rings.